The molecule has 3 rings (SSSR count). The third-order valence-electron chi connectivity index (χ3n) is 7.78. The Kier molecular flexibility index (Phi) is 10.8. The zero-order valence-electron chi connectivity index (χ0n) is 22.1. The molecule has 0 saturated carbocycles. The molecule has 1 fully saturated rings. The molecule has 1 aromatic carbocycles. The van der Waals surface area contributed by atoms with Gasteiger partial charge in [0.25, 0.3) is 5.91 Å². The van der Waals surface area contributed by atoms with Crippen LogP contribution in [0.4, 0.5) is 0 Å². The van der Waals surface area contributed by atoms with Gasteiger partial charge < -0.3 is 15.7 Å². The lowest BCUT2D eigenvalue weighted by Crippen LogP contribution is -2.92. The summed E-state index contributed by atoms with van der Waals surface area (Å²) >= 11 is 0. The van der Waals surface area contributed by atoms with Gasteiger partial charge in [-0.25, -0.2) is 0 Å². The topological polar surface area (TPSA) is 105 Å². The van der Waals surface area contributed by atoms with Crippen LogP contribution in [0.2, 0.25) is 0 Å². The van der Waals surface area contributed by atoms with Gasteiger partial charge in [0, 0.05) is 31.0 Å². The zero-order chi connectivity index (χ0) is 25.6. The second-order valence-corrected chi connectivity index (χ2v) is 10.3. The maximum atomic E-state index is 13.4. The van der Waals surface area contributed by atoms with Crippen molar-refractivity contribution in [2.75, 3.05) is 13.6 Å². The summed E-state index contributed by atoms with van der Waals surface area (Å²) in [5, 5.41) is 18.1. The molecular formula is C29H48N5O2+. The summed E-state index contributed by atoms with van der Waals surface area (Å²) in [4.78, 5) is 19.0. The van der Waals surface area contributed by atoms with E-state index in [4.69, 9.17) is 5.73 Å². The van der Waals surface area contributed by atoms with Crippen LogP contribution in [0.5, 0.6) is 0 Å². The van der Waals surface area contributed by atoms with E-state index in [0.717, 1.165) is 49.7 Å². The fraction of sp³-hybridized carbons (Fsp3) is 0.655. The van der Waals surface area contributed by atoms with Crippen molar-refractivity contribution >= 4 is 11.7 Å². The van der Waals surface area contributed by atoms with Crippen LogP contribution in [0, 0.1) is 12.0 Å². The van der Waals surface area contributed by atoms with E-state index in [1.807, 2.05) is 33.0 Å². The zero-order valence-corrected chi connectivity index (χ0v) is 22.1. The van der Waals surface area contributed by atoms with Crippen molar-refractivity contribution in [3.05, 3.63) is 34.9 Å². The minimum atomic E-state index is -0.800. The highest BCUT2D eigenvalue weighted by Crippen LogP contribution is 2.32. The monoisotopic (exact) mass is 498 g/mol. The summed E-state index contributed by atoms with van der Waals surface area (Å²) in [7, 11) is 1.99. The number of amides is 1. The van der Waals surface area contributed by atoms with Crippen LogP contribution >= 0.6 is 0 Å². The molecule has 0 spiro atoms. The first-order valence-corrected chi connectivity index (χ1v) is 13.2. The molecule has 5 unspecified atom stereocenters. The number of likely N-dealkylation sites (tertiary alicyclic amines) is 1. The molecule has 0 bridgehead atoms. The number of nitrogens with one attached hydrogen (secondary N) is 3. The average Bonchev–Trinajstić information content (AvgIpc) is 3.06. The highest BCUT2D eigenvalue weighted by atomic mass is 16.3. The van der Waals surface area contributed by atoms with Gasteiger partial charge in [-0.1, -0.05) is 39.3 Å². The second-order valence-electron chi connectivity index (χ2n) is 10.3. The predicted octanol–water partition coefficient (Wildman–Crippen LogP) is 1.32. The van der Waals surface area contributed by atoms with Crippen molar-refractivity contribution in [1.82, 2.24) is 15.5 Å². The molecule has 0 aromatic heterocycles. The number of carbonyl (C=O) groups is 1. The van der Waals surface area contributed by atoms with Crippen LogP contribution in [-0.2, 0) is 12.8 Å². The minimum Gasteiger partial charge on any atom is -0.389 e. The molecule has 6 N–H and O–H groups in total. The Morgan fingerprint density at radius 2 is 2.06 bits per heavy atom. The van der Waals surface area contributed by atoms with E-state index in [-0.39, 0.29) is 25.4 Å². The van der Waals surface area contributed by atoms with Crippen LogP contribution in [0.15, 0.2) is 18.2 Å². The van der Waals surface area contributed by atoms with E-state index in [1.54, 1.807) is 0 Å². The first kappa shape index (κ1) is 29.7. The van der Waals surface area contributed by atoms with Gasteiger partial charge in [-0.05, 0) is 70.2 Å². The van der Waals surface area contributed by atoms with Gasteiger partial charge in [-0.2, -0.15) is 0 Å². The summed E-state index contributed by atoms with van der Waals surface area (Å²) in [5.41, 5.74) is 8.81. The number of aryl methyl sites for hydroxylation is 1. The summed E-state index contributed by atoms with van der Waals surface area (Å²) in [6.07, 6.45) is 5.88. The van der Waals surface area contributed by atoms with E-state index >= 15 is 0 Å². The molecule has 200 valence electrons. The van der Waals surface area contributed by atoms with E-state index < -0.39 is 17.7 Å². The predicted molar refractivity (Wildman–Crippen MR) is 148 cm³/mol. The summed E-state index contributed by atoms with van der Waals surface area (Å²) < 4.78 is 0. The van der Waals surface area contributed by atoms with Gasteiger partial charge in [0.1, 0.15) is 6.04 Å². The molecule has 7 nitrogen and oxygen atoms in total. The maximum absolute atomic E-state index is 13.4. The number of fused-ring (bicyclic) bond motifs is 1. The number of hydrogen-bond donors (Lipinski definition) is 5. The van der Waals surface area contributed by atoms with Crippen molar-refractivity contribution < 1.29 is 14.9 Å². The third-order valence-corrected chi connectivity index (χ3v) is 7.78. The van der Waals surface area contributed by atoms with Crippen molar-refractivity contribution in [2.45, 2.75) is 110 Å². The number of nitrogens with two attached hydrogens (primary N) is 1. The molecule has 1 heterocycles. The number of benzene rings is 1. The van der Waals surface area contributed by atoms with Gasteiger partial charge in [0.2, 0.25) is 5.84 Å². The first-order valence-electron chi connectivity index (χ1n) is 13.2. The van der Waals surface area contributed by atoms with Gasteiger partial charge in [0.05, 0.1) is 23.7 Å². The minimum absolute atomic E-state index is 0. The lowest BCUT2D eigenvalue weighted by molar-refractivity contribution is -0.529. The molecule has 0 radical (unpaired) electrons. The Morgan fingerprint density at radius 1 is 1.33 bits per heavy atom. The number of hydrogen-bond acceptors (Lipinski definition) is 4. The lowest BCUT2D eigenvalue weighted by atomic mass is 9.82. The Balaban J connectivity index is 0.00000456. The van der Waals surface area contributed by atoms with Gasteiger partial charge in [0.15, 0.2) is 0 Å². The third kappa shape index (κ3) is 6.22. The molecule has 1 aromatic rings. The number of amidine groups is 1. The highest BCUT2D eigenvalue weighted by Gasteiger charge is 2.56. The SMILES string of the molecule is C.CCC#CNC(C)C([NH+]=C(N)CCC)C1(C)C(O)C(NC(=O)c2cccc3c2CCCC3)CN1C. The first-order chi connectivity index (χ1) is 16.7. The summed E-state index contributed by atoms with van der Waals surface area (Å²) in [5.74, 6) is 3.65. The lowest BCUT2D eigenvalue weighted by Gasteiger charge is -2.41. The molecule has 1 aliphatic carbocycles. The van der Waals surface area contributed by atoms with E-state index in [1.165, 1.54) is 12.0 Å². The number of carbonyl (C=O) groups excluding carboxylic acids is 1. The van der Waals surface area contributed by atoms with E-state index in [9.17, 15) is 9.90 Å². The van der Waals surface area contributed by atoms with Gasteiger partial charge in [-0.3, -0.25) is 20.4 Å². The van der Waals surface area contributed by atoms with E-state index in [2.05, 4.69) is 52.4 Å². The van der Waals surface area contributed by atoms with Crippen molar-refractivity contribution in [3.8, 4) is 12.0 Å². The van der Waals surface area contributed by atoms with Crippen LogP contribution in [0.1, 0.15) is 88.7 Å². The second kappa shape index (κ2) is 13.1. The highest BCUT2D eigenvalue weighted by molar-refractivity contribution is 5.96. The largest absolute Gasteiger partial charge is 0.389 e. The van der Waals surface area contributed by atoms with E-state index in [0.29, 0.717) is 12.4 Å². The molecule has 1 aliphatic heterocycles. The Morgan fingerprint density at radius 3 is 2.75 bits per heavy atom. The van der Waals surface area contributed by atoms with Crippen molar-refractivity contribution in [1.29, 1.82) is 0 Å². The average molecular weight is 499 g/mol. The number of likely N-dealkylation sites (N-methyl/N-ethyl adjacent to an activating group) is 1. The molecule has 7 heteroatoms. The summed E-state index contributed by atoms with van der Waals surface area (Å²) in [6, 6.07) is 8.31. The van der Waals surface area contributed by atoms with Crippen LogP contribution in [0.25, 0.3) is 0 Å². The van der Waals surface area contributed by atoms with Gasteiger partial charge in [-0.15, -0.1) is 0 Å². The van der Waals surface area contributed by atoms with Crippen LogP contribution in [-0.4, -0.2) is 65.1 Å². The summed E-state index contributed by atoms with van der Waals surface area (Å²) in [6.45, 7) is 8.72. The number of nitrogens with zero attached hydrogens (tertiary/aromatic N) is 1. The van der Waals surface area contributed by atoms with Crippen LogP contribution < -0.4 is 21.4 Å². The molecule has 2 aliphatic rings. The Hall–Kier alpha value is -2.56. The van der Waals surface area contributed by atoms with Gasteiger partial charge >= 0.3 is 0 Å². The maximum Gasteiger partial charge on any atom is 0.251 e. The normalized spacial score (nSPS) is 25.6. The van der Waals surface area contributed by atoms with Crippen LogP contribution in [0.3, 0.4) is 0 Å². The molecule has 36 heavy (non-hydrogen) atoms. The van der Waals surface area contributed by atoms with Crippen molar-refractivity contribution in [3.63, 3.8) is 0 Å². The standard InChI is InChI=1S/C28H43N5O2.CH4/c1-6-8-17-30-19(3)25(32-24(29)12-7-2)28(4)26(34)23(18-33(28)5)31-27(35)22-16-11-14-20-13-9-10-15-21(20)22;/h11,14,16,19,23,25-26,30,34H,6-7,9-10,12-13,15,18H2,1-5H3,(H2,29,32)(H,31,35);1H4/p+1. The Bertz CT molecular complexity index is 982. The number of rotatable bonds is 8. The quantitative estimate of drug-likeness (QED) is 0.161. The molecule has 5 atom stereocenters. The molecule has 1 amide bonds. The molecular weight excluding hydrogens is 450 g/mol. The fourth-order valence-corrected chi connectivity index (χ4v) is 5.67. The Labute approximate surface area is 218 Å². The number of aliphatic hydroxyl groups is 1. The number of aliphatic hydroxyl groups excluding tert-OH is 1. The molecule has 1 saturated heterocycles. The van der Waals surface area contributed by atoms with Crippen molar-refractivity contribution in [2.24, 2.45) is 5.73 Å². The smallest absolute Gasteiger partial charge is 0.251 e. The fourth-order valence-electron chi connectivity index (χ4n) is 5.67.